The fraction of sp³-hybridized carbons (Fsp3) is 0.571. The average Bonchev–Trinajstić information content (AvgIpc) is 3.17. The molecule has 0 bridgehead atoms. The first-order valence-electron chi connectivity index (χ1n) is 7.00. The zero-order valence-corrected chi connectivity index (χ0v) is 13.1. The third-order valence-corrected chi connectivity index (χ3v) is 5.04. The van der Waals surface area contributed by atoms with Crippen molar-refractivity contribution in [2.24, 2.45) is 0 Å². The summed E-state index contributed by atoms with van der Waals surface area (Å²) in [6.07, 6.45) is 3.41. The number of hydrogen-bond acceptors (Lipinski definition) is 5. The minimum Gasteiger partial charge on any atom is -0.447 e. The second-order valence-electron chi connectivity index (χ2n) is 4.98. The van der Waals surface area contributed by atoms with Crippen molar-refractivity contribution in [3.8, 4) is 0 Å². The third kappa shape index (κ3) is 4.16. The molecule has 2 rings (SSSR count). The lowest BCUT2D eigenvalue weighted by Gasteiger charge is -2.18. The van der Waals surface area contributed by atoms with E-state index in [1.54, 1.807) is 19.3 Å². The number of methoxy groups -OCH3 is 1. The Morgan fingerprint density at radius 1 is 1.52 bits per heavy atom. The van der Waals surface area contributed by atoms with E-state index in [1.165, 1.54) is 10.4 Å². The Morgan fingerprint density at radius 2 is 2.29 bits per heavy atom. The van der Waals surface area contributed by atoms with E-state index in [1.807, 2.05) is 0 Å². The fourth-order valence-electron chi connectivity index (χ4n) is 2.03. The van der Waals surface area contributed by atoms with Gasteiger partial charge in [-0.3, -0.25) is 0 Å². The zero-order chi connectivity index (χ0) is 15.3. The zero-order valence-electron chi connectivity index (χ0n) is 12.2. The lowest BCUT2D eigenvalue weighted by atomic mass is 10.4. The van der Waals surface area contributed by atoms with Gasteiger partial charge in [0.15, 0.2) is 0 Å². The van der Waals surface area contributed by atoms with Gasteiger partial charge in [0.05, 0.1) is 13.2 Å². The molecule has 1 N–H and O–H groups in total. The molecule has 0 aromatic carbocycles. The lowest BCUT2D eigenvalue weighted by molar-refractivity contribution is 0.198. The monoisotopic (exact) mass is 314 g/mol. The molecule has 1 aliphatic rings. The highest BCUT2D eigenvalue weighted by molar-refractivity contribution is 7.89. The van der Waals surface area contributed by atoms with E-state index in [4.69, 9.17) is 9.15 Å². The second kappa shape index (κ2) is 7.22. The van der Waals surface area contributed by atoms with Crippen molar-refractivity contribution in [3.05, 3.63) is 30.5 Å². The summed E-state index contributed by atoms with van der Waals surface area (Å²) in [5, 5.41) is 3.11. The summed E-state index contributed by atoms with van der Waals surface area (Å²) in [7, 11) is -1.94. The lowest BCUT2D eigenvalue weighted by Crippen LogP contribution is -2.33. The van der Waals surface area contributed by atoms with Crippen LogP contribution in [0.3, 0.4) is 0 Å². The Bertz CT molecular complexity index is 563. The molecule has 0 saturated heterocycles. The number of rotatable bonds is 10. The predicted octanol–water partition coefficient (Wildman–Crippen LogP) is 1.35. The van der Waals surface area contributed by atoms with Gasteiger partial charge in [-0.25, -0.2) is 8.42 Å². The van der Waals surface area contributed by atoms with Crippen molar-refractivity contribution in [2.45, 2.75) is 30.5 Å². The number of sulfonamides is 1. The molecule has 7 heteroatoms. The van der Waals surface area contributed by atoms with Gasteiger partial charge in [-0.15, -0.1) is 6.58 Å². The van der Waals surface area contributed by atoms with Crippen molar-refractivity contribution in [1.29, 1.82) is 0 Å². The molecule has 1 fully saturated rings. The number of ether oxygens (including phenoxy) is 1. The van der Waals surface area contributed by atoms with Crippen molar-refractivity contribution in [1.82, 2.24) is 9.62 Å². The molecule has 1 aromatic heterocycles. The molecule has 1 heterocycles. The summed E-state index contributed by atoms with van der Waals surface area (Å²) in [6.45, 7) is 5.70. The summed E-state index contributed by atoms with van der Waals surface area (Å²) in [5.41, 5.74) is 0. The smallest absolute Gasteiger partial charge is 0.276 e. The molecule has 1 aromatic rings. The molecule has 21 heavy (non-hydrogen) atoms. The Morgan fingerprint density at radius 3 is 2.90 bits per heavy atom. The van der Waals surface area contributed by atoms with Crippen molar-refractivity contribution in [3.63, 3.8) is 0 Å². The standard InChI is InChI=1S/C14H22N2O4S/c1-3-9-16(12-4-5-12)21(17,18)14-7-6-13(20-14)11-15-8-10-19-2/h3,6-7,12,15H,1,4-5,8-11H2,2H3. The van der Waals surface area contributed by atoms with E-state index in [2.05, 4.69) is 11.9 Å². The number of nitrogens with zero attached hydrogens (tertiary/aromatic N) is 1. The summed E-state index contributed by atoms with van der Waals surface area (Å²) >= 11 is 0. The molecule has 0 atom stereocenters. The first-order valence-corrected chi connectivity index (χ1v) is 8.44. The maximum absolute atomic E-state index is 12.5. The van der Waals surface area contributed by atoms with Crippen LogP contribution in [-0.2, 0) is 21.3 Å². The van der Waals surface area contributed by atoms with Gasteiger partial charge < -0.3 is 14.5 Å². The minimum atomic E-state index is -3.57. The van der Waals surface area contributed by atoms with Crippen LogP contribution in [0.15, 0.2) is 34.3 Å². The molecule has 6 nitrogen and oxygen atoms in total. The Balaban J connectivity index is 2.02. The Hall–Kier alpha value is -1.15. The maximum Gasteiger partial charge on any atom is 0.276 e. The molecule has 0 spiro atoms. The predicted molar refractivity (Wildman–Crippen MR) is 79.4 cm³/mol. The third-order valence-electron chi connectivity index (χ3n) is 3.25. The van der Waals surface area contributed by atoms with E-state index in [9.17, 15) is 8.42 Å². The molecule has 0 amide bonds. The van der Waals surface area contributed by atoms with E-state index in [-0.39, 0.29) is 11.1 Å². The topological polar surface area (TPSA) is 71.8 Å². The van der Waals surface area contributed by atoms with Gasteiger partial charge in [-0.2, -0.15) is 4.31 Å². The van der Waals surface area contributed by atoms with Crippen LogP contribution in [0.1, 0.15) is 18.6 Å². The second-order valence-corrected chi connectivity index (χ2v) is 6.81. The fourth-order valence-corrected chi connectivity index (χ4v) is 3.61. The summed E-state index contributed by atoms with van der Waals surface area (Å²) < 4.78 is 36.9. The molecule has 0 aliphatic heterocycles. The van der Waals surface area contributed by atoms with Crippen LogP contribution in [0, 0.1) is 0 Å². The highest BCUT2D eigenvalue weighted by Crippen LogP contribution is 2.32. The van der Waals surface area contributed by atoms with Gasteiger partial charge in [0.2, 0.25) is 5.09 Å². The van der Waals surface area contributed by atoms with Crippen molar-refractivity contribution >= 4 is 10.0 Å². The number of nitrogens with one attached hydrogen (secondary N) is 1. The van der Waals surface area contributed by atoms with Crippen LogP contribution < -0.4 is 5.32 Å². The summed E-state index contributed by atoms with van der Waals surface area (Å²) in [6, 6.07) is 3.29. The van der Waals surface area contributed by atoms with Crippen molar-refractivity contribution in [2.75, 3.05) is 26.8 Å². The molecule has 1 saturated carbocycles. The SMILES string of the molecule is C=CCN(C1CC1)S(=O)(=O)c1ccc(CNCCOC)o1. The van der Waals surface area contributed by atoms with Gasteiger partial charge in [0, 0.05) is 26.2 Å². The van der Waals surface area contributed by atoms with Crippen LogP contribution in [0.25, 0.3) is 0 Å². The van der Waals surface area contributed by atoms with Gasteiger partial charge >= 0.3 is 0 Å². The van der Waals surface area contributed by atoms with Gasteiger partial charge in [-0.05, 0) is 25.0 Å². The van der Waals surface area contributed by atoms with Crippen LogP contribution in [0.2, 0.25) is 0 Å². The van der Waals surface area contributed by atoms with Gasteiger partial charge in [0.25, 0.3) is 10.0 Å². The highest BCUT2D eigenvalue weighted by Gasteiger charge is 2.38. The van der Waals surface area contributed by atoms with Crippen LogP contribution in [0.4, 0.5) is 0 Å². The molecule has 1 aliphatic carbocycles. The van der Waals surface area contributed by atoms with E-state index in [0.717, 1.165) is 12.8 Å². The summed E-state index contributed by atoms with van der Waals surface area (Å²) in [4.78, 5) is 0. The van der Waals surface area contributed by atoms with Gasteiger partial charge in [0.1, 0.15) is 5.76 Å². The number of furan rings is 1. The Labute approximate surface area is 125 Å². The van der Waals surface area contributed by atoms with E-state index in [0.29, 0.717) is 32.0 Å². The molecular formula is C14H22N2O4S. The van der Waals surface area contributed by atoms with Crippen LogP contribution >= 0.6 is 0 Å². The molecule has 118 valence electrons. The van der Waals surface area contributed by atoms with E-state index >= 15 is 0 Å². The van der Waals surface area contributed by atoms with Gasteiger partial charge in [-0.1, -0.05) is 6.08 Å². The first kappa shape index (κ1) is 16.2. The van der Waals surface area contributed by atoms with Crippen molar-refractivity contribution < 1.29 is 17.6 Å². The molecular weight excluding hydrogens is 292 g/mol. The summed E-state index contributed by atoms with van der Waals surface area (Å²) in [5.74, 6) is 0.596. The quantitative estimate of drug-likeness (QED) is 0.521. The highest BCUT2D eigenvalue weighted by atomic mass is 32.2. The normalized spacial score (nSPS) is 15.5. The first-order chi connectivity index (χ1) is 10.1. The number of hydrogen-bond donors (Lipinski definition) is 1. The molecule has 0 unspecified atom stereocenters. The van der Waals surface area contributed by atoms with E-state index < -0.39 is 10.0 Å². The molecule has 0 radical (unpaired) electrons. The maximum atomic E-state index is 12.5. The van der Waals surface area contributed by atoms with Crippen LogP contribution in [-0.4, -0.2) is 45.6 Å². The Kier molecular flexibility index (Phi) is 5.58. The average molecular weight is 314 g/mol. The minimum absolute atomic E-state index is 0.000193. The largest absolute Gasteiger partial charge is 0.447 e. The van der Waals surface area contributed by atoms with Crippen LogP contribution in [0.5, 0.6) is 0 Å².